The Bertz CT molecular complexity index is 954. The Labute approximate surface area is 176 Å². The van der Waals surface area contributed by atoms with E-state index in [-0.39, 0.29) is 6.61 Å². The quantitative estimate of drug-likeness (QED) is 0.391. The van der Waals surface area contributed by atoms with E-state index in [1.54, 1.807) is 26.0 Å². The van der Waals surface area contributed by atoms with E-state index in [2.05, 4.69) is 0 Å². The SMILES string of the molecule is CCOC(O)C(=O)c1ccc(OCc2ccccc2)c(OCc2ccccc2)c1C. The Balaban J connectivity index is 1.88. The Morgan fingerprint density at radius 1 is 0.867 bits per heavy atom. The fourth-order valence-electron chi connectivity index (χ4n) is 3.06. The van der Waals surface area contributed by atoms with Crippen molar-refractivity contribution in [3.8, 4) is 11.5 Å². The maximum Gasteiger partial charge on any atom is 0.220 e. The van der Waals surface area contributed by atoms with E-state index in [9.17, 15) is 9.90 Å². The van der Waals surface area contributed by atoms with Gasteiger partial charge >= 0.3 is 0 Å². The molecule has 1 unspecified atom stereocenters. The van der Waals surface area contributed by atoms with Crippen LogP contribution in [0.15, 0.2) is 72.8 Å². The number of ether oxygens (including phenoxy) is 3. The zero-order chi connectivity index (χ0) is 21.3. The molecule has 5 nitrogen and oxygen atoms in total. The van der Waals surface area contributed by atoms with E-state index in [1.165, 1.54) is 0 Å². The summed E-state index contributed by atoms with van der Waals surface area (Å²) < 4.78 is 17.1. The van der Waals surface area contributed by atoms with Crippen LogP contribution in [0, 0.1) is 6.92 Å². The summed E-state index contributed by atoms with van der Waals surface area (Å²) in [5, 5.41) is 9.97. The third-order valence-corrected chi connectivity index (χ3v) is 4.65. The largest absolute Gasteiger partial charge is 0.485 e. The van der Waals surface area contributed by atoms with Crippen LogP contribution >= 0.6 is 0 Å². The molecule has 0 saturated heterocycles. The molecule has 0 aromatic heterocycles. The first-order valence-electron chi connectivity index (χ1n) is 9.91. The predicted octanol–water partition coefficient (Wildman–Crippen LogP) is 4.69. The third-order valence-electron chi connectivity index (χ3n) is 4.65. The minimum absolute atomic E-state index is 0.238. The van der Waals surface area contributed by atoms with Crippen LogP contribution in [-0.2, 0) is 18.0 Å². The van der Waals surface area contributed by atoms with Crippen molar-refractivity contribution in [2.24, 2.45) is 0 Å². The lowest BCUT2D eigenvalue weighted by Gasteiger charge is -2.18. The van der Waals surface area contributed by atoms with Gasteiger partial charge in [0.2, 0.25) is 12.1 Å². The summed E-state index contributed by atoms with van der Waals surface area (Å²) >= 11 is 0. The minimum Gasteiger partial charge on any atom is -0.485 e. The van der Waals surface area contributed by atoms with Crippen molar-refractivity contribution in [2.45, 2.75) is 33.4 Å². The number of hydrogen-bond acceptors (Lipinski definition) is 5. The predicted molar refractivity (Wildman–Crippen MR) is 115 cm³/mol. The molecule has 0 amide bonds. The molecule has 3 aromatic carbocycles. The van der Waals surface area contributed by atoms with Crippen molar-refractivity contribution >= 4 is 5.78 Å². The maximum atomic E-state index is 12.6. The Morgan fingerprint density at radius 2 is 1.43 bits per heavy atom. The molecule has 1 N–H and O–H groups in total. The number of Topliss-reactive ketones (excluding diaryl/α,β-unsaturated/α-hetero) is 1. The summed E-state index contributed by atoms with van der Waals surface area (Å²) in [4.78, 5) is 12.6. The van der Waals surface area contributed by atoms with Crippen molar-refractivity contribution in [2.75, 3.05) is 6.61 Å². The number of hydrogen-bond donors (Lipinski definition) is 1. The van der Waals surface area contributed by atoms with Gasteiger partial charge in [-0.2, -0.15) is 0 Å². The highest BCUT2D eigenvalue weighted by molar-refractivity contribution is 6.00. The molecule has 0 aliphatic heterocycles. The highest BCUT2D eigenvalue weighted by Crippen LogP contribution is 2.35. The number of benzene rings is 3. The van der Waals surface area contributed by atoms with Crippen LogP contribution < -0.4 is 9.47 Å². The van der Waals surface area contributed by atoms with Crippen molar-refractivity contribution in [3.63, 3.8) is 0 Å². The smallest absolute Gasteiger partial charge is 0.220 e. The molecule has 0 fully saturated rings. The van der Waals surface area contributed by atoms with E-state index in [0.717, 1.165) is 11.1 Å². The topological polar surface area (TPSA) is 65.0 Å². The molecule has 156 valence electrons. The lowest BCUT2D eigenvalue weighted by Crippen LogP contribution is -2.24. The normalized spacial score (nSPS) is 11.7. The van der Waals surface area contributed by atoms with Gasteiger partial charge in [-0.1, -0.05) is 60.7 Å². The Kier molecular flexibility index (Phi) is 7.60. The number of carbonyl (C=O) groups is 1. The molecule has 0 aliphatic carbocycles. The second-order valence-corrected chi connectivity index (χ2v) is 6.79. The molecule has 5 heteroatoms. The lowest BCUT2D eigenvalue weighted by atomic mass is 10.0. The van der Waals surface area contributed by atoms with Crippen LogP contribution in [0.2, 0.25) is 0 Å². The van der Waals surface area contributed by atoms with Crippen LogP contribution in [-0.4, -0.2) is 23.8 Å². The van der Waals surface area contributed by atoms with E-state index in [1.807, 2.05) is 60.7 Å². The van der Waals surface area contributed by atoms with Crippen LogP contribution in [0.1, 0.15) is 34.0 Å². The number of carbonyl (C=O) groups excluding carboxylic acids is 1. The molecule has 0 saturated carbocycles. The Hall–Kier alpha value is -3.15. The summed E-state index contributed by atoms with van der Waals surface area (Å²) in [5.74, 6) is 0.507. The second kappa shape index (κ2) is 10.6. The first-order valence-corrected chi connectivity index (χ1v) is 9.91. The van der Waals surface area contributed by atoms with Gasteiger partial charge in [-0.15, -0.1) is 0 Å². The molecule has 0 spiro atoms. The van der Waals surface area contributed by atoms with Gasteiger partial charge in [0.1, 0.15) is 13.2 Å². The van der Waals surface area contributed by atoms with Crippen molar-refractivity contribution < 1.29 is 24.1 Å². The molecule has 0 bridgehead atoms. The van der Waals surface area contributed by atoms with Gasteiger partial charge in [0.05, 0.1) is 0 Å². The van der Waals surface area contributed by atoms with Crippen LogP contribution in [0.3, 0.4) is 0 Å². The summed E-state index contributed by atoms with van der Waals surface area (Å²) in [6.07, 6.45) is -1.51. The first-order chi connectivity index (χ1) is 14.6. The summed E-state index contributed by atoms with van der Waals surface area (Å²) in [5.41, 5.74) is 2.96. The molecule has 30 heavy (non-hydrogen) atoms. The molecular formula is C25H26O5. The zero-order valence-electron chi connectivity index (χ0n) is 17.2. The van der Waals surface area contributed by atoms with E-state index in [0.29, 0.717) is 35.8 Å². The van der Waals surface area contributed by atoms with Gasteiger partial charge in [-0.05, 0) is 37.1 Å². The zero-order valence-corrected chi connectivity index (χ0v) is 17.2. The number of aliphatic hydroxyl groups excluding tert-OH is 1. The van der Waals surface area contributed by atoms with Crippen LogP contribution in [0.4, 0.5) is 0 Å². The third kappa shape index (κ3) is 5.47. The summed E-state index contributed by atoms with van der Waals surface area (Å²) in [6.45, 7) is 4.44. The standard InChI is InChI=1S/C25H26O5/c1-3-28-25(27)23(26)21-14-15-22(29-16-19-10-6-4-7-11-19)24(18(21)2)30-17-20-12-8-5-9-13-20/h4-15,25,27H,3,16-17H2,1-2H3. The second-order valence-electron chi connectivity index (χ2n) is 6.79. The highest BCUT2D eigenvalue weighted by Gasteiger charge is 2.23. The molecule has 0 radical (unpaired) electrons. The molecule has 3 aromatic rings. The fraction of sp³-hybridized carbons (Fsp3) is 0.240. The molecule has 0 heterocycles. The van der Waals surface area contributed by atoms with Gasteiger partial charge in [0.15, 0.2) is 11.5 Å². The van der Waals surface area contributed by atoms with Crippen molar-refractivity contribution in [1.29, 1.82) is 0 Å². The van der Waals surface area contributed by atoms with Gasteiger partial charge in [0, 0.05) is 17.7 Å². The Morgan fingerprint density at radius 3 is 2.00 bits per heavy atom. The summed E-state index contributed by atoms with van der Waals surface area (Å²) in [7, 11) is 0. The van der Waals surface area contributed by atoms with Gasteiger partial charge in [0.25, 0.3) is 0 Å². The first kappa shape index (κ1) is 21.6. The highest BCUT2D eigenvalue weighted by atomic mass is 16.6. The molecule has 3 rings (SSSR count). The van der Waals surface area contributed by atoms with E-state index >= 15 is 0 Å². The van der Waals surface area contributed by atoms with Gasteiger partial charge in [-0.3, -0.25) is 4.79 Å². The number of aliphatic hydroxyl groups is 1. The molecular weight excluding hydrogens is 380 g/mol. The number of rotatable bonds is 10. The van der Waals surface area contributed by atoms with Crippen LogP contribution in [0.25, 0.3) is 0 Å². The van der Waals surface area contributed by atoms with Crippen molar-refractivity contribution in [3.05, 3.63) is 95.1 Å². The summed E-state index contributed by atoms with van der Waals surface area (Å²) in [6, 6.07) is 22.9. The maximum absolute atomic E-state index is 12.6. The fourth-order valence-corrected chi connectivity index (χ4v) is 3.06. The average molecular weight is 406 g/mol. The van der Waals surface area contributed by atoms with E-state index < -0.39 is 12.1 Å². The number of ketones is 1. The molecule has 1 atom stereocenters. The monoisotopic (exact) mass is 406 g/mol. The van der Waals surface area contributed by atoms with Crippen LogP contribution in [0.5, 0.6) is 11.5 Å². The van der Waals surface area contributed by atoms with Gasteiger partial charge in [-0.25, -0.2) is 0 Å². The van der Waals surface area contributed by atoms with Gasteiger partial charge < -0.3 is 19.3 Å². The average Bonchev–Trinajstić information content (AvgIpc) is 2.78. The lowest BCUT2D eigenvalue weighted by molar-refractivity contribution is -0.0675. The van der Waals surface area contributed by atoms with E-state index in [4.69, 9.17) is 14.2 Å². The molecule has 0 aliphatic rings. The van der Waals surface area contributed by atoms with Crippen molar-refractivity contribution in [1.82, 2.24) is 0 Å². The minimum atomic E-state index is -1.51.